The lowest BCUT2D eigenvalue weighted by Crippen LogP contribution is -2.64. The predicted octanol–water partition coefficient (Wildman–Crippen LogP) is 12.1. The van der Waals surface area contributed by atoms with Gasteiger partial charge in [0.25, 0.3) is 0 Å². The van der Waals surface area contributed by atoms with Gasteiger partial charge in [0.2, 0.25) is 0 Å². The molecule has 0 spiro atoms. The first-order valence-corrected chi connectivity index (χ1v) is 27.9. The van der Waals surface area contributed by atoms with Crippen LogP contribution in [0.1, 0.15) is 194 Å². The summed E-state index contributed by atoms with van der Waals surface area (Å²) >= 11 is 0. The van der Waals surface area contributed by atoms with Gasteiger partial charge in [0.05, 0.1) is 13.2 Å². The van der Waals surface area contributed by atoms with Gasteiger partial charge >= 0.3 is 13.8 Å². The van der Waals surface area contributed by atoms with Crippen LogP contribution in [0.15, 0.2) is 85.1 Å². The molecule has 0 heterocycles. The minimum atomic E-state index is -5.04. The fourth-order valence-electron chi connectivity index (χ4n) is 7.59. The average Bonchev–Trinajstić information content (AvgIpc) is 3.32. The van der Waals surface area contributed by atoms with E-state index in [0.29, 0.717) is 13.0 Å². The standard InChI is InChI=1S/C55H95O12P/c1-3-5-7-9-11-13-15-17-19-21-23-24-25-27-29-31-33-35-37-39-41-43-45-64-46-48(47-65-68(62,63)67-55-53(60)51(58)50(57)52(59)54(55)61)66-49(56)44-42-40-38-36-34-32-30-28-26-22-20-18-16-14-12-10-8-6-4-2/h5,7,11-14,17-20,23-24,27,29,48,50-55,57-61H,3-4,6,8-10,15-16,21-22,25-26,28,30-47H2,1-2H3,(H,62,63)/b7-5-,13-11-,14-12-,19-17-,20-18-,24-23-,29-27-. The molecular weight excluding hydrogens is 884 g/mol. The Morgan fingerprint density at radius 1 is 0.485 bits per heavy atom. The van der Waals surface area contributed by atoms with Gasteiger partial charge in [-0.3, -0.25) is 13.8 Å². The Morgan fingerprint density at radius 2 is 0.868 bits per heavy atom. The molecule has 0 saturated heterocycles. The molecule has 1 rings (SSSR count). The zero-order valence-corrected chi connectivity index (χ0v) is 43.0. The van der Waals surface area contributed by atoms with Gasteiger partial charge in [-0.05, 0) is 89.9 Å². The van der Waals surface area contributed by atoms with Crippen LogP contribution in [0.5, 0.6) is 0 Å². The van der Waals surface area contributed by atoms with E-state index in [1.165, 1.54) is 57.8 Å². The van der Waals surface area contributed by atoms with E-state index in [1.54, 1.807) is 0 Å². The van der Waals surface area contributed by atoms with Crippen LogP contribution < -0.4 is 0 Å². The SMILES string of the molecule is CC/C=C\C/C=C\C/C=C\C/C=C\C/C=C\CCCCCCCCOCC(COP(=O)(O)OC1C(O)C(O)C(O)C(O)C1O)OC(=O)CCCCCCCCCCC/C=C\C/C=C\CCCCC. The van der Waals surface area contributed by atoms with E-state index in [1.807, 2.05) is 0 Å². The molecule has 0 aromatic carbocycles. The number of carbonyl (C=O) groups is 1. The molecule has 6 atom stereocenters. The number of rotatable bonds is 44. The van der Waals surface area contributed by atoms with Crippen molar-refractivity contribution in [1.82, 2.24) is 0 Å². The Kier molecular flexibility index (Phi) is 41.5. The molecule has 1 fully saturated rings. The molecule has 68 heavy (non-hydrogen) atoms. The fraction of sp³-hybridized carbons (Fsp3) is 0.727. The van der Waals surface area contributed by atoms with E-state index >= 15 is 0 Å². The molecule has 0 aromatic heterocycles. The number of phosphoric acid groups is 1. The normalized spacial score (nSPS) is 21.8. The quantitative estimate of drug-likeness (QED) is 0.0147. The Morgan fingerprint density at radius 3 is 1.32 bits per heavy atom. The van der Waals surface area contributed by atoms with E-state index in [4.69, 9.17) is 18.5 Å². The minimum absolute atomic E-state index is 0.0931. The number of phosphoric ester groups is 1. The van der Waals surface area contributed by atoms with E-state index in [-0.39, 0.29) is 13.0 Å². The number of hydrogen-bond acceptors (Lipinski definition) is 11. The van der Waals surface area contributed by atoms with Crippen molar-refractivity contribution in [2.75, 3.05) is 19.8 Å². The maximum atomic E-state index is 12.9. The van der Waals surface area contributed by atoms with Crippen molar-refractivity contribution < 1.29 is 58.3 Å². The second kappa shape index (κ2) is 44.5. The molecule has 12 nitrogen and oxygen atoms in total. The van der Waals surface area contributed by atoms with Crippen molar-refractivity contribution in [2.45, 2.75) is 236 Å². The van der Waals surface area contributed by atoms with Crippen molar-refractivity contribution in [3.63, 3.8) is 0 Å². The molecule has 1 aliphatic carbocycles. The summed E-state index contributed by atoms with van der Waals surface area (Å²) in [6, 6.07) is 0. The Hall–Kier alpha value is -2.48. The third-order valence-electron chi connectivity index (χ3n) is 11.8. The third-order valence-corrected chi connectivity index (χ3v) is 12.7. The van der Waals surface area contributed by atoms with Crippen LogP contribution in [0.3, 0.4) is 0 Å². The summed E-state index contributed by atoms with van der Waals surface area (Å²) in [5, 5.41) is 50.3. The summed E-state index contributed by atoms with van der Waals surface area (Å²) in [4.78, 5) is 23.3. The highest BCUT2D eigenvalue weighted by Gasteiger charge is 2.51. The number of hydrogen-bond donors (Lipinski definition) is 6. The van der Waals surface area contributed by atoms with Crippen molar-refractivity contribution in [2.24, 2.45) is 0 Å². The van der Waals surface area contributed by atoms with Crippen LogP contribution in [0, 0.1) is 0 Å². The molecule has 0 amide bonds. The van der Waals surface area contributed by atoms with Crippen LogP contribution in [-0.4, -0.2) is 98.9 Å². The number of carbonyl (C=O) groups excluding carboxylic acids is 1. The zero-order chi connectivity index (χ0) is 49.8. The van der Waals surface area contributed by atoms with Crippen molar-refractivity contribution in [3.8, 4) is 0 Å². The van der Waals surface area contributed by atoms with Gasteiger partial charge in [0, 0.05) is 13.0 Å². The van der Waals surface area contributed by atoms with Gasteiger partial charge in [0.15, 0.2) is 0 Å². The van der Waals surface area contributed by atoms with Crippen molar-refractivity contribution in [3.05, 3.63) is 85.1 Å². The van der Waals surface area contributed by atoms with Gasteiger partial charge in [-0.25, -0.2) is 4.57 Å². The van der Waals surface area contributed by atoms with Gasteiger partial charge < -0.3 is 39.9 Å². The van der Waals surface area contributed by atoms with E-state index < -0.39 is 63.1 Å². The Labute approximate surface area is 412 Å². The fourth-order valence-corrected chi connectivity index (χ4v) is 8.56. The zero-order valence-electron chi connectivity index (χ0n) is 42.1. The van der Waals surface area contributed by atoms with Crippen LogP contribution in [-0.2, 0) is 27.9 Å². The van der Waals surface area contributed by atoms with Crippen LogP contribution in [0.4, 0.5) is 0 Å². The molecule has 1 saturated carbocycles. The van der Waals surface area contributed by atoms with Crippen LogP contribution in [0.2, 0.25) is 0 Å². The molecule has 392 valence electrons. The first-order valence-electron chi connectivity index (χ1n) is 26.4. The smallest absolute Gasteiger partial charge is 0.457 e. The maximum Gasteiger partial charge on any atom is 0.472 e. The summed E-state index contributed by atoms with van der Waals surface area (Å²) in [7, 11) is -5.04. The van der Waals surface area contributed by atoms with Crippen LogP contribution >= 0.6 is 7.82 Å². The number of aliphatic hydroxyl groups excluding tert-OH is 5. The first-order chi connectivity index (χ1) is 33.0. The van der Waals surface area contributed by atoms with Gasteiger partial charge in [0.1, 0.15) is 42.7 Å². The van der Waals surface area contributed by atoms with Crippen molar-refractivity contribution >= 4 is 13.8 Å². The minimum Gasteiger partial charge on any atom is -0.457 e. The number of esters is 1. The summed E-state index contributed by atoms with van der Waals surface area (Å²) in [5.74, 6) is -0.490. The van der Waals surface area contributed by atoms with E-state index in [9.17, 15) is 39.8 Å². The molecule has 0 aromatic rings. The summed E-state index contributed by atoms with van der Waals surface area (Å²) in [6.07, 6.45) is 47.8. The number of ether oxygens (including phenoxy) is 2. The monoisotopic (exact) mass is 979 g/mol. The highest BCUT2D eigenvalue weighted by Crippen LogP contribution is 2.47. The topological polar surface area (TPSA) is 192 Å². The molecule has 0 aliphatic heterocycles. The second-order valence-electron chi connectivity index (χ2n) is 18.0. The summed E-state index contributed by atoms with van der Waals surface area (Å²) in [6.45, 7) is 4.09. The maximum absolute atomic E-state index is 12.9. The van der Waals surface area contributed by atoms with Crippen LogP contribution in [0.25, 0.3) is 0 Å². The van der Waals surface area contributed by atoms with Gasteiger partial charge in [-0.15, -0.1) is 0 Å². The first kappa shape index (κ1) is 63.5. The highest BCUT2D eigenvalue weighted by molar-refractivity contribution is 7.47. The molecular formula is C55H95O12P. The van der Waals surface area contributed by atoms with Gasteiger partial charge in [-0.2, -0.15) is 0 Å². The van der Waals surface area contributed by atoms with Gasteiger partial charge in [-0.1, -0.05) is 182 Å². The summed E-state index contributed by atoms with van der Waals surface area (Å²) in [5.41, 5.74) is 0. The van der Waals surface area contributed by atoms with E-state index in [0.717, 1.165) is 109 Å². The molecule has 1 aliphatic rings. The molecule has 6 N–H and O–H groups in total. The lowest BCUT2D eigenvalue weighted by Gasteiger charge is -2.41. The molecule has 0 bridgehead atoms. The number of allylic oxidation sites excluding steroid dienone is 14. The number of aliphatic hydroxyl groups is 5. The lowest BCUT2D eigenvalue weighted by atomic mass is 9.85. The summed E-state index contributed by atoms with van der Waals surface area (Å²) < 4.78 is 34.3. The van der Waals surface area contributed by atoms with E-state index in [2.05, 4.69) is 98.9 Å². The molecule has 0 radical (unpaired) electrons. The molecule has 13 heteroatoms. The van der Waals surface area contributed by atoms with Crippen molar-refractivity contribution in [1.29, 1.82) is 0 Å². The second-order valence-corrected chi connectivity index (χ2v) is 19.4. The predicted molar refractivity (Wildman–Crippen MR) is 276 cm³/mol. The highest BCUT2D eigenvalue weighted by atomic mass is 31.2. The molecule has 6 unspecified atom stereocenters. The third kappa shape index (κ3) is 35.6. The lowest BCUT2D eigenvalue weighted by molar-refractivity contribution is -0.220. The Balaban J connectivity index is 2.35. The largest absolute Gasteiger partial charge is 0.472 e. The number of unbranched alkanes of at least 4 members (excludes halogenated alkanes) is 18. The average molecular weight is 979 g/mol. The Bertz CT molecular complexity index is 1440.